The quantitative estimate of drug-likeness (QED) is 0.673. The second-order valence-electron chi connectivity index (χ2n) is 5.98. The fourth-order valence-electron chi connectivity index (χ4n) is 3.01. The van der Waals surface area contributed by atoms with E-state index in [-0.39, 0.29) is 5.41 Å². The summed E-state index contributed by atoms with van der Waals surface area (Å²) in [5.74, 6) is 1.89. The Bertz CT molecular complexity index is 420. The number of aromatic nitrogens is 2. The molecule has 1 heterocycles. The summed E-state index contributed by atoms with van der Waals surface area (Å²) in [6.45, 7) is 4.86. The van der Waals surface area contributed by atoms with Gasteiger partial charge in [0.2, 0.25) is 0 Å². The number of hydrogen-bond donors (Lipinski definition) is 1. The fourth-order valence-corrected chi connectivity index (χ4v) is 3.42. The smallest absolute Gasteiger partial charge is 0.162 e. The zero-order valence-electron chi connectivity index (χ0n) is 12.4. The maximum Gasteiger partial charge on any atom is 0.162 e. The van der Waals surface area contributed by atoms with Crippen LogP contribution in [0.2, 0.25) is 0 Å². The number of nitrogens with zero attached hydrogens (tertiary/aromatic N) is 2. The minimum absolute atomic E-state index is 0.258. The Hall–Kier alpha value is -0.640. The lowest BCUT2D eigenvalue weighted by molar-refractivity contribution is 0.147. The van der Waals surface area contributed by atoms with Gasteiger partial charge in [0.1, 0.15) is 5.69 Å². The fraction of sp³-hybridized carbons (Fsp3) is 0.800. The highest BCUT2D eigenvalue weighted by atomic mass is 32.1. The van der Waals surface area contributed by atoms with Crippen LogP contribution in [0.1, 0.15) is 49.9 Å². The average molecular weight is 282 g/mol. The van der Waals surface area contributed by atoms with Crippen LogP contribution in [-0.2, 0) is 7.05 Å². The third kappa shape index (κ3) is 3.28. The number of thiol groups is 1. The van der Waals surface area contributed by atoms with Gasteiger partial charge >= 0.3 is 0 Å². The summed E-state index contributed by atoms with van der Waals surface area (Å²) in [4.78, 5) is 0. The van der Waals surface area contributed by atoms with E-state index in [9.17, 15) is 0 Å². The molecule has 4 heteroatoms. The second-order valence-corrected chi connectivity index (χ2v) is 6.30. The first-order valence-electron chi connectivity index (χ1n) is 7.32. The van der Waals surface area contributed by atoms with Crippen LogP contribution in [0.5, 0.6) is 5.75 Å². The molecule has 0 radical (unpaired) electrons. The second kappa shape index (κ2) is 6.21. The monoisotopic (exact) mass is 282 g/mol. The summed E-state index contributed by atoms with van der Waals surface area (Å²) in [5.41, 5.74) is 2.36. The van der Waals surface area contributed by atoms with Crippen molar-refractivity contribution in [2.45, 2.75) is 52.4 Å². The Labute approximate surface area is 122 Å². The van der Waals surface area contributed by atoms with Gasteiger partial charge in [-0.3, -0.25) is 4.68 Å². The molecule has 19 heavy (non-hydrogen) atoms. The molecule has 0 aromatic carbocycles. The van der Waals surface area contributed by atoms with Gasteiger partial charge in [-0.05, 0) is 32.4 Å². The molecule has 2 rings (SSSR count). The van der Waals surface area contributed by atoms with Crippen molar-refractivity contribution in [1.82, 2.24) is 9.78 Å². The first kappa shape index (κ1) is 14.8. The molecule has 1 aromatic heterocycles. The zero-order chi connectivity index (χ0) is 13.9. The third-order valence-corrected chi connectivity index (χ3v) is 5.14. The summed E-state index contributed by atoms with van der Waals surface area (Å²) in [5, 5.41) is 4.41. The van der Waals surface area contributed by atoms with Crippen LogP contribution in [0.4, 0.5) is 0 Å². The standard InChI is InChI=1S/C15H26N2OS/c1-12-14(13(2)17(3)16-12)18-10-15(11-19)8-6-4-5-7-9-15/h19H,4-11H2,1-3H3. The topological polar surface area (TPSA) is 27.1 Å². The summed E-state index contributed by atoms with van der Waals surface area (Å²) >= 11 is 4.60. The van der Waals surface area contributed by atoms with Crippen molar-refractivity contribution in [2.75, 3.05) is 12.4 Å². The number of ether oxygens (including phenoxy) is 1. The summed E-state index contributed by atoms with van der Waals surface area (Å²) in [7, 11) is 1.97. The first-order chi connectivity index (χ1) is 9.08. The van der Waals surface area contributed by atoms with Crippen LogP contribution < -0.4 is 4.74 Å². The van der Waals surface area contributed by atoms with E-state index in [2.05, 4.69) is 24.7 Å². The Morgan fingerprint density at radius 1 is 1.21 bits per heavy atom. The van der Waals surface area contributed by atoms with Gasteiger partial charge in [0, 0.05) is 12.5 Å². The Morgan fingerprint density at radius 3 is 2.32 bits per heavy atom. The molecule has 0 N–H and O–H groups in total. The van der Waals surface area contributed by atoms with Gasteiger partial charge in [-0.2, -0.15) is 17.7 Å². The van der Waals surface area contributed by atoms with Crippen LogP contribution in [0, 0.1) is 19.3 Å². The Balaban J connectivity index is 2.06. The molecular formula is C15H26N2OS. The lowest BCUT2D eigenvalue weighted by atomic mass is 9.83. The highest BCUT2D eigenvalue weighted by Gasteiger charge is 2.31. The average Bonchev–Trinajstić information content (AvgIpc) is 2.61. The number of hydrogen-bond acceptors (Lipinski definition) is 3. The predicted octanol–water partition coefficient (Wildman–Crippen LogP) is 3.69. The highest BCUT2D eigenvalue weighted by molar-refractivity contribution is 7.80. The van der Waals surface area contributed by atoms with Crippen molar-refractivity contribution < 1.29 is 4.74 Å². The van der Waals surface area contributed by atoms with Gasteiger partial charge in [-0.1, -0.05) is 25.7 Å². The van der Waals surface area contributed by atoms with Crippen LogP contribution in [0.15, 0.2) is 0 Å². The molecule has 0 amide bonds. The molecule has 0 saturated heterocycles. The highest BCUT2D eigenvalue weighted by Crippen LogP contribution is 2.37. The van der Waals surface area contributed by atoms with Crippen molar-refractivity contribution in [3.05, 3.63) is 11.4 Å². The van der Waals surface area contributed by atoms with E-state index < -0.39 is 0 Å². The maximum absolute atomic E-state index is 6.15. The van der Waals surface area contributed by atoms with Gasteiger partial charge < -0.3 is 4.74 Å². The number of aryl methyl sites for hydroxylation is 2. The molecule has 0 aliphatic heterocycles. The lowest BCUT2D eigenvalue weighted by Gasteiger charge is -2.31. The van der Waals surface area contributed by atoms with E-state index >= 15 is 0 Å². The van der Waals surface area contributed by atoms with E-state index in [1.165, 1.54) is 38.5 Å². The lowest BCUT2D eigenvalue weighted by Crippen LogP contribution is -2.30. The van der Waals surface area contributed by atoms with E-state index in [0.29, 0.717) is 0 Å². The minimum Gasteiger partial charge on any atom is -0.489 e. The normalized spacial score (nSPS) is 19.2. The zero-order valence-corrected chi connectivity index (χ0v) is 13.3. The van der Waals surface area contributed by atoms with E-state index in [4.69, 9.17) is 4.74 Å². The number of rotatable bonds is 4. The van der Waals surface area contributed by atoms with Crippen LogP contribution in [0.25, 0.3) is 0 Å². The summed E-state index contributed by atoms with van der Waals surface area (Å²) in [6.07, 6.45) is 7.84. The molecule has 1 fully saturated rings. The molecule has 1 aliphatic rings. The third-order valence-electron chi connectivity index (χ3n) is 4.46. The first-order valence-corrected chi connectivity index (χ1v) is 7.95. The van der Waals surface area contributed by atoms with Gasteiger partial charge in [0.05, 0.1) is 12.3 Å². The molecule has 1 saturated carbocycles. The molecule has 0 spiro atoms. The Morgan fingerprint density at radius 2 is 1.84 bits per heavy atom. The van der Waals surface area contributed by atoms with Gasteiger partial charge in [0.15, 0.2) is 5.75 Å². The van der Waals surface area contributed by atoms with Crippen LogP contribution in [-0.4, -0.2) is 22.1 Å². The summed E-state index contributed by atoms with van der Waals surface area (Å²) in [6, 6.07) is 0. The SMILES string of the molecule is Cc1nn(C)c(C)c1OCC1(CS)CCCCCC1. The van der Waals surface area contributed by atoms with Crippen molar-refractivity contribution in [1.29, 1.82) is 0 Å². The Kier molecular flexibility index (Phi) is 4.82. The predicted molar refractivity (Wildman–Crippen MR) is 82.2 cm³/mol. The van der Waals surface area contributed by atoms with Gasteiger partial charge in [-0.15, -0.1) is 0 Å². The van der Waals surface area contributed by atoms with Crippen LogP contribution in [0.3, 0.4) is 0 Å². The van der Waals surface area contributed by atoms with Crippen molar-refractivity contribution in [2.24, 2.45) is 12.5 Å². The maximum atomic E-state index is 6.15. The summed E-state index contributed by atoms with van der Waals surface area (Å²) < 4.78 is 8.04. The van der Waals surface area contributed by atoms with Crippen molar-refractivity contribution >= 4 is 12.6 Å². The molecular weight excluding hydrogens is 256 g/mol. The van der Waals surface area contributed by atoms with E-state index in [0.717, 1.165) is 29.5 Å². The molecule has 0 bridgehead atoms. The minimum atomic E-state index is 0.258. The molecule has 1 aromatic rings. The molecule has 1 aliphatic carbocycles. The van der Waals surface area contributed by atoms with Crippen molar-refractivity contribution in [3.8, 4) is 5.75 Å². The molecule has 108 valence electrons. The van der Waals surface area contributed by atoms with E-state index in [1.807, 2.05) is 18.7 Å². The van der Waals surface area contributed by atoms with Gasteiger partial charge in [0.25, 0.3) is 0 Å². The molecule has 3 nitrogen and oxygen atoms in total. The van der Waals surface area contributed by atoms with Crippen molar-refractivity contribution in [3.63, 3.8) is 0 Å². The largest absolute Gasteiger partial charge is 0.489 e. The van der Waals surface area contributed by atoms with Crippen LogP contribution >= 0.6 is 12.6 Å². The van der Waals surface area contributed by atoms with E-state index in [1.54, 1.807) is 0 Å². The molecule has 0 unspecified atom stereocenters. The van der Waals surface area contributed by atoms with Gasteiger partial charge in [-0.25, -0.2) is 0 Å². The molecule has 0 atom stereocenters.